The molecule has 0 unspecified atom stereocenters. The minimum Gasteiger partial charge on any atom is -0.495 e. The number of hydrogen-bond donors (Lipinski definition) is 0. The number of thiophene rings is 1. The van der Waals surface area contributed by atoms with Gasteiger partial charge in [-0.25, -0.2) is 0 Å². The molecule has 0 atom stereocenters. The van der Waals surface area contributed by atoms with Crippen LogP contribution in [0.15, 0.2) is 40.9 Å². The average Bonchev–Trinajstić information content (AvgIpc) is 2.69. The van der Waals surface area contributed by atoms with E-state index in [4.69, 9.17) is 4.74 Å². The molecule has 3 heteroatoms. The zero-order valence-corrected chi connectivity index (χ0v) is 11.1. The van der Waals surface area contributed by atoms with Crippen LogP contribution >= 0.6 is 27.3 Å². The lowest BCUT2D eigenvalue weighted by Crippen LogP contribution is -1.82. The number of methoxy groups -OCH3 is 1. The maximum Gasteiger partial charge on any atom is 0.136 e. The number of rotatable bonds is 1. The van der Waals surface area contributed by atoms with Crippen LogP contribution in [0.3, 0.4) is 0 Å². The summed E-state index contributed by atoms with van der Waals surface area (Å²) in [4.78, 5) is 0. The van der Waals surface area contributed by atoms with Crippen molar-refractivity contribution in [3.63, 3.8) is 0 Å². The number of ether oxygens (including phenoxy) is 1. The van der Waals surface area contributed by atoms with Gasteiger partial charge in [-0.1, -0.05) is 34.1 Å². The molecule has 0 aliphatic rings. The van der Waals surface area contributed by atoms with E-state index in [1.54, 1.807) is 18.4 Å². The second kappa shape index (κ2) is 3.75. The molecule has 0 fully saturated rings. The Morgan fingerprint density at radius 3 is 2.75 bits per heavy atom. The second-order valence-electron chi connectivity index (χ2n) is 3.55. The molecule has 0 radical (unpaired) electrons. The first kappa shape index (κ1) is 10.1. The molecule has 16 heavy (non-hydrogen) atoms. The Morgan fingerprint density at radius 1 is 1.12 bits per heavy atom. The van der Waals surface area contributed by atoms with E-state index >= 15 is 0 Å². The highest BCUT2D eigenvalue weighted by atomic mass is 79.9. The average molecular weight is 293 g/mol. The first-order valence-corrected chi connectivity index (χ1v) is 6.56. The van der Waals surface area contributed by atoms with Gasteiger partial charge in [0.1, 0.15) is 5.75 Å². The van der Waals surface area contributed by atoms with E-state index in [1.807, 2.05) is 12.1 Å². The van der Waals surface area contributed by atoms with Gasteiger partial charge in [-0.05, 0) is 18.2 Å². The highest BCUT2D eigenvalue weighted by molar-refractivity contribution is 9.10. The summed E-state index contributed by atoms with van der Waals surface area (Å²) in [5, 5.41) is 2.54. The summed E-state index contributed by atoms with van der Waals surface area (Å²) < 4.78 is 9.03. The lowest BCUT2D eigenvalue weighted by molar-refractivity contribution is 0.420. The van der Waals surface area contributed by atoms with Crippen molar-refractivity contribution < 1.29 is 4.74 Å². The summed E-state index contributed by atoms with van der Waals surface area (Å²) in [6.07, 6.45) is 0. The topological polar surface area (TPSA) is 9.23 Å². The molecule has 0 aliphatic heterocycles. The molecule has 0 saturated heterocycles. The van der Waals surface area contributed by atoms with Crippen molar-refractivity contribution in [2.45, 2.75) is 0 Å². The van der Waals surface area contributed by atoms with E-state index in [0.29, 0.717) is 0 Å². The Kier molecular flexibility index (Phi) is 2.37. The van der Waals surface area contributed by atoms with Crippen molar-refractivity contribution in [1.29, 1.82) is 0 Å². The van der Waals surface area contributed by atoms with Gasteiger partial charge in [-0.2, -0.15) is 0 Å². The van der Waals surface area contributed by atoms with Crippen LogP contribution in [0.5, 0.6) is 5.75 Å². The first-order chi connectivity index (χ1) is 7.81. The van der Waals surface area contributed by atoms with Gasteiger partial charge in [-0.3, -0.25) is 0 Å². The third-order valence-electron chi connectivity index (χ3n) is 2.66. The Balaban J connectivity index is 2.58. The largest absolute Gasteiger partial charge is 0.495 e. The standard InChI is InChI=1S/C13H9BrOS/c1-15-10-7-6-9(14)12-8-4-2-3-5-11(8)16-13(10)12/h2-7H,1H3. The van der Waals surface area contributed by atoms with E-state index < -0.39 is 0 Å². The highest BCUT2D eigenvalue weighted by Crippen LogP contribution is 2.42. The monoisotopic (exact) mass is 292 g/mol. The molecule has 3 rings (SSSR count). The summed E-state index contributed by atoms with van der Waals surface area (Å²) in [5.41, 5.74) is 0. The zero-order valence-electron chi connectivity index (χ0n) is 8.66. The van der Waals surface area contributed by atoms with Gasteiger partial charge in [0.05, 0.1) is 11.8 Å². The van der Waals surface area contributed by atoms with Gasteiger partial charge in [0.25, 0.3) is 0 Å². The number of hydrogen-bond acceptors (Lipinski definition) is 2. The molecule has 0 bridgehead atoms. The Labute approximate surface area is 106 Å². The summed E-state index contributed by atoms with van der Waals surface area (Å²) in [5.74, 6) is 0.944. The van der Waals surface area contributed by atoms with Crippen LogP contribution in [0.2, 0.25) is 0 Å². The maximum absolute atomic E-state index is 5.40. The normalized spacial score (nSPS) is 11.1. The molecule has 0 spiro atoms. The van der Waals surface area contributed by atoms with Crippen LogP contribution in [-0.4, -0.2) is 7.11 Å². The van der Waals surface area contributed by atoms with E-state index in [2.05, 4.69) is 40.2 Å². The number of halogens is 1. The van der Waals surface area contributed by atoms with Gasteiger partial charge < -0.3 is 4.74 Å². The smallest absolute Gasteiger partial charge is 0.136 e. The highest BCUT2D eigenvalue weighted by Gasteiger charge is 2.11. The fraction of sp³-hybridized carbons (Fsp3) is 0.0769. The number of benzene rings is 2. The van der Waals surface area contributed by atoms with Crippen LogP contribution in [0.25, 0.3) is 20.2 Å². The van der Waals surface area contributed by atoms with Gasteiger partial charge in [0.2, 0.25) is 0 Å². The maximum atomic E-state index is 5.40. The Hall–Kier alpha value is -1.06. The van der Waals surface area contributed by atoms with Crippen molar-refractivity contribution in [3.05, 3.63) is 40.9 Å². The van der Waals surface area contributed by atoms with Crippen molar-refractivity contribution >= 4 is 47.4 Å². The number of fused-ring (bicyclic) bond motifs is 3. The minimum atomic E-state index is 0.944. The summed E-state index contributed by atoms with van der Waals surface area (Å²) in [6.45, 7) is 0. The second-order valence-corrected chi connectivity index (χ2v) is 5.46. The van der Waals surface area contributed by atoms with Crippen molar-refractivity contribution in [3.8, 4) is 5.75 Å². The quantitative estimate of drug-likeness (QED) is 0.624. The van der Waals surface area contributed by atoms with E-state index in [0.717, 1.165) is 10.2 Å². The molecule has 1 heterocycles. The first-order valence-electron chi connectivity index (χ1n) is 4.95. The fourth-order valence-corrected chi connectivity index (χ4v) is 3.82. The summed E-state index contributed by atoms with van der Waals surface area (Å²) in [7, 11) is 1.72. The van der Waals surface area contributed by atoms with E-state index in [9.17, 15) is 0 Å². The summed E-state index contributed by atoms with van der Waals surface area (Å²) in [6, 6.07) is 12.5. The molecular weight excluding hydrogens is 284 g/mol. The van der Waals surface area contributed by atoms with E-state index in [1.165, 1.54) is 20.2 Å². The van der Waals surface area contributed by atoms with Crippen LogP contribution in [0, 0.1) is 0 Å². The zero-order chi connectivity index (χ0) is 11.1. The molecule has 1 nitrogen and oxygen atoms in total. The summed E-state index contributed by atoms with van der Waals surface area (Å²) >= 11 is 5.38. The van der Waals surface area contributed by atoms with Crippen LogP contribution < -0.4 is 4.74 Å². The predicted molar refractivity (Wildman–Crippen MR) is 73.6 cm³/mol. The van der Waals surface area contributed by atoms with Crippen LogP contribution in [-0.2, 0) is 0 Å². The minimum absolute atomic E-state index is 0.944. The Morgan fingerprint density at radius 2 is 1.94 bits per heavy atom. The lowest BCUT2D eigenvalue weighted by atomic mass is 10.1. The lowest BCUT2D eigenvalue weighted by Gasteiger charge is -2.02. The van der Waals surface area contributed by atoms with Crippen LogP contribution in [0.1, 0.15) is 0 Å². The third-order valence-corrected chi connectivity index (χ3v) is 4.51. The van der Waals surface area contributed by atoms with Crippen molar-refractivity contribution in [2.24, 2.45) is 0 Å². The predicted octanol–water partition coefficient (Wildman–Crippen LogP) is 4.83. The third kappa shape index (κ3) is 1.35. The molecule has 2 aromatic carbocycles. The van der Waals surface area contributed by atoms with Crippen molar-refractivity contribution in [1.82, 2.24) is 0 Å². The van der Waals surface area contributed by atoms with Gasteiger partial charge in [-0.15, -0.1) is 11.3 Å². The Bertz CT molecular complexity index is 672. The molecule has 3 aromatic rings. The molecule has 0 aliphatic carbocycles. The molecule has 80 valence electrons. The van der Waals surface area contributed by atoms with Gasteiger partial charge in [0.15, 0.2) is 0 Å². The van der Waals surface area contributed by atoms with Crippen molar-refractivity contribution in [2.75, 3.05) is 7.11 Å². The molecule has 1 aromatic heterocycles. The van der Waals surface area contributed by atoms with Crippen LogP contribution in [0.4, 0.5) is 0 Å². The van der Waals surface area contributed by atoms with E-state index in [-0.39, 0.29) is 0 Å². The van der Waals surface area contributed by atoms with Gasteiger partial charge >= 0.3 is 0 Å². The molecule has 0 amide bonds. The SMILES string of the molecule is COc1ccc(Br)c2c1sc1ccccc12. The van der Waals surface area contributed by atoms with Gasteiger partial charge in [0, 0.05) is 19.9 Å². The molecular formula is C13H9BrOS. The fourth-order valence-electron chi connectivity index (χ4n) is 1.92. The molecule has 0 N–H and O–H groups in total. The molecule has 0 saturated carbocycles.